The van der Waals surface area contributed by atoms with Crippen molar-refractivity contribution in [2.45, 2.75) is 6.92 Å². The summed E-state index contributed by atoms with van der Waals surface area (Å²) in [7, 11) is 0. The van der Waals surface area contributed by atoms with Gasteiger partial charge in [0.05, 0.1) is 0 Å². The highest BCUT2D eigenvalue weighted by atomic mass is 16.1. The Morgan fingerprint density at radius 2 is 1.84 bits per heavy atom. The molecule has 0 aliphatic rings. The Kier molecular flexibility index (Phi) is 3.74. The Bertz CT molecular complexity index is 629. The van der Waals surface area contributed by atoms with E-state index in [0.717, 1.165) is 11.4 Å². The minimum atomic E-state index is -0.107. The maximum atomic E-state index is 10.9. The van der Waals surface area contributed by atoms with Gasteiger partial charge in [-0.2, -0.15) is 5.26 Å². The molecule has 2 N–H and O–H groups in total. The molecule has 1 heterocycles. The number of nitriles is 1. The number of hydrogen-bond donors (Lipinski definition) is 2. The van der Waals surface area contributed by atoms with E-state index >= 15 is 0 Å². The molecule has 0 unspecified atom stereocenters. The Balaban J connectivity index is 2.11. The second-order valence-corrected chi connectivity index (χ2v) is 3.90. The summed E-state index contributed by atoms with van der Waals surface area (Å²) in [6.45, 7) is 1.46. The first kappa shape index (κ1) is 12.6. The zero-order valence-corrected chi connectivity index (χ0v) is 10.3. The lowest BCUT2D eigenvalue weighted by Crippen LogP contribution is -2.05. The zero-order chi connectivity index (χ0) is 13.7. The highest BCUT2D eigenvalue weighted by molar-refractivity contribution is 5.88. The molecule has 19 heavy (non-hydrogen) atoms. The van der Waals surface area contributed by atoms with Gasteiger partial charge in [-0.1, -0.05) is 6.07 Å². The normalized spacial score (nSPS) is 9.47. The van der Waals surface area contributed by atoms with Gasteiger partial charge in [0.2, 0.25) is 5.91 Å². The molecule has 94 valence electrons. The number of carbonyl (C=O) groups excluding carboxylic acids is 1. The van der Waals surface area contributed by atoms with Crippen LogP contribution in [0.4, 0.5) is 17.2 Å². The molecule has 5 nitrogen and oxygen atoms in total. The topological polar surface area (TPSA) is 77.8 Å². The van der Waals surface area contributed by atoms with E-state index < -0.39 is 0 Å². The number of anilines is 3. The number of benzene rings is 1. The largest absolute Gasteiger partial charge is 0.340 e. The molecule has 1 aromatic heterocycles. The van der Waals surface area contributed by atoms with Crippen LogP contribution in [0, 0.1) is 11.3 Å². The van der Waals surface area contributed by atoms with Gasteiger partial charge in [0, 0.05) is 18.3 Å². The van der Waals surface area contributed by atoms with Crippen molar-refractivity contribution >= 4 is 23.1 Å². The third-order valence-corrected chi connectivity index (χ3v) is 2.34. The smallest absolute Gasteiger partial charge is 0.221 e. The Morgan fingerprint density at radius 3 is 2.47 bits per heavy atom. The summed E-state index contributed by atoms with van der Waals surface area (Å²) >= 11 is 0. The lowest BCUT2D eigenvalue weighted by atomic mass is 10.2. The van der Waals surface area contributed by atoms with E-state index in [9.17, 15) is 4.79 Å². The van der Waals surface area contributed by atoms with E-state index in [0.29, 0.717) is 11.5 Å². The van der Waals surface area contributed by atoms with Crippen LogP contribution < -0.4 is 10.6 Å². The van der Waals surface area contributed by atoms with Crippen LogP contribution in [0.15, 0.2) is 42.5 Å². The van der Waals surface area contributed by atoms with E-state index in [-0.39, 0.29) is 5.91 Å². The van der Waals surface area contributed by atoms with Crippen molar-refractivity contribution in [2.24, 2.45) is 0 Å². The van der Waals surface area contributed by atoms with Crippen molar-refractivity contribution in [3.8, 4) is 6.07 Å². The number of nitrogens with one attached hydrogen (secondary N) is 2. The molecular formula is C14H12N4O. The van der Waals surface area contributed by atoms with Gasteiger partial charge in [-0.15, -0.1) is 0 Å². The molecule has 1 amide bonds. The van der Waals surface area contributed by atoms with Crippen LogP contribution in [-0.2, 0) is 4.79 Å². The number of pyridine rings is 1. The summed E-state index contributed by atoms with van der Waals surface area (Å²) in [5.41, 5.74) is 1.92. The zero-order valence-electron chi connectivity index (χ0n) is 10.3. The minimum absolute atomic E-state index is 0.107. The fourth-order valence-corrected chi connectivity index (χ4v) is 1.55. The number of carbonyl (C=O) groups is 1. The molecule has 2 rings (SSSR count). The molecular weight excluding hydrogens is 240 g/mol. The molecule has 0 fully saturated rings. The standard InChI is InChI=1S/C14H12N4O/c1-10(19)16-11-5-7-12(8-6-11)17-14-4-2-3-13(9-15)18-14/h2-8H,1H3,(H,16,19)(H,17,18). The van der Waals surface area contributed by atoms with Crippen LogP contribution in [0.3, 0.4) is 0 Å². The summed E-state index contributed by atoms with van der Waals surface area (Å²) in [6.07, 6.45) is 0. The lowest BCUT2D eigenvalue weighted by Gasteiger charge is -2.07. The van der Waals surface area contributed by atoms with Gasteiger partial charge in [-0.25, -0.2) is 4.98 Å². The van der Waals surface area contributed by atoms with E-state index in [2.05, 4.69) is 15.6 Å². The summed E-state index contributed by atoms with van der Waals surface area (Å²) in [6, 6.07) is 14.4. The first-order valence-corrected chi connectivity index (χ1v) is 5.69. The van der Waals surface area contributed by atoms with Crippen LogP contribution in [0.25, 0.3) is 0 Å². The SMILES string of the molecule is CC(=O)Nc1ccc(Nc2cccc(C#N)n2)cc1. The lowest BCUT2D eigenvalue weighted by molar-refractivity contribution is -0.114. The maximum Gasteiger partial charge on any atom is 0.221 e. The van der Waals surface area contributed by atoms with Gasteiger partial charge in [-0.3, -0.25) is 4.79 Å². The van der Waals surface area contributed by atoms with Gasteiger partial charge in [-0.05, 0) is 36.4 Å². The second-order valence-electron chi connectivity index (χ2n) is 3.90. The van der Waals surface area contributed by atoms with E-state index in [1.165, 1.54) is 6.92 Å². The van der Waals surface area contributed by atoms with Gasteiger partial charge < -0.3 is 10.6 Å². The van der Waals surface area contributed by atoms with Crippen molar-refractivity contribution in [1.82, 2.24) is 4.98 Å². The fraction of sp³-hybridized carbons (Fsp3) is 0.0714. The van der Waals surface area contributed by atoms with E-state index in [4.69, 9.17) is 5.26 Å². The van der Waals surface area contributed by atoms with Gasteiger partial charge in [0.25, 0.3) is 0 Å². The molecule has 1 aromatic carbocycles. The van der Waals surface area contributed by atoms with Crippen molar-refractivity contribution in [1.29, 1.82) is 5.26 Å². The summed E-state index contributed by atoms with van der Waals surface area (Å²) in [5.74, 6) is 0.496. The van der Waals surface area contributed by atoms with Crippen LogP contribution in [0.1, 0.15) is 12.6 Å². The average Bonchev–Trinajstić information content (AvgIpc) is 2.41. The molecule has 0 atom stereocenters. The van der Waals surface area contributed by atoms with Crippen LogP contribution in [0.2, 0.25) is 0 Å². The predicted octanol–water partition coefficient (Wildman–Crippen LogP) is 2.66. The number of amides is 1. The van der Waals surface area contributed by atoms with E-state index in [1.54, 1.807) is 30.3 Å². The first-order valence-electron chi connectivity index (χ1n) is 5.69. The van der Waals surface area contributed by atoms with Crippen LogP contribution >= 0.6 is 0 Å². The van der Waals surface area contributed by atoms with Crippen molar-refractivity contribution in [3.05, 3.63) is 48.2 Å². The van der Waals surface area contributed by atoms with Crippen molar-refractivity contribution in [2.75, 3.05) is 10.6 Å². The van der Waals surface area contributed by atoms with Gasteiger partial charge in [0.1, 0.15) is 17.6 Å². The summed E-state index contributed by atoms with van der Waals surface area (Å²) in [5, 5.41) is 14.5. The molecule has 0 saturated heterocycles. The maximum absolute atomic E-state index is 10.9. The number of nitrogens with zero attached hydrogens (tertiary/aromatic N) is 2. The third kappa shape index (κ3) is 3.54. The summed E-state index contributed by atoms with van der Waals surface area (Å²) in [4.78, 5) is 15.0. The average molecular weight is 252 g/mol. The number of aromatic nitrogens is 1. The second kappa shape index (κ2) is 5.65. The highest BCUT2D eigenvalue weighted by Crippen LogP contribution is 2.17. The predicted molar refractivity (Wildman–Crippen MR) is 73.0 cm³/mol. The van der Waals surface area contributed by atoms with Crippen LogP contribution in [-0.4, -0.2) is 10.9 Å². The highest BCUT2D eigenvalue weighted by Gasteiger charge is 1.99. The quantitative estimate of drug-likeness (QED) is 0.880. The first-order chi connectivity index (χ1) is 9.17. The fourth-order valence-electron chi connectivity index (χ4n) is 1.55. The van der Waals surface area contributed by atoms with E-state index in [1.807, 2.05) is 18.2 Å². The molecule has 0 aliphatic carbocycles. The van der Waals surface area contributed by atoms with Gasteiger partial charge >= 0.3 is 0 Å². The molecule has 2 aromatic rings. The van der Waals surface area contributed by atoms with Crippen LogP contribution in [0.5, 0.6) is 0 Å². The number of hydrogen-bond acceptors (Lipinski definition) is 4. The molecule has 0 bridgehead atoms. The Morgan fingerprint density at radius 1 is 1.16 bits per heavy atom. The van der Waals surface area contributed by atoms with Crippen molar-refractivity contribution in [3.63, 3.8) is 0 Å². The molecule has 0 aliphatic heterocycles. The summed E-state index contributed by atoms with van der Waals surface area (Å²) < 4.78 is 0. The Labute approximate surface area is 110 Å². The third-order valence-electron chi connectivity index (χ3n) is 2.34. The minimum Gasteiger partial charge on any atom is -0.340 e. The Hall–Kier alpha value is -2.87. The van der Waals surface area contributed by atoms with Crippen molar-refractivity contribution < 1.29 is 4.79 Å². The monoisotopic (exact) mass is 252 g/mol. The molecule has 0 saturated carbocycles. The molecule has 5 heteroatoms. The number of rotatable bonds is 3. The van der Waals surface area contributed by atoms with Gasteiger partial charge in [0.15, 0.2) is 0 Å². The molecule has 0 radical (unpaired) electrons. The molecule has 0 spiro atoms.